The standard InChI is InChI=1S/C18H12BrNO5/c19-11-3-1-10(2-4-11)15-7-8-16(25-15)17(22)20-12-5-6-14(21)13(9-12)18(23)24/h1-9,21H,(H,20,22)(H,23,24). The number of carboxylic acids is 1. The number of halogens is 1. The molecule has 0 aliphatic carbocycles. The minimum absolute atomic E-state index is 0.0860. The van der Waals surface area contributed by atoms with Crippen LogP contribution in [0.3, 0.4) is 0 Å². The third kappa shape index (κ3) is 3.72. The number of benzene rings is 2. The van der Waals surface area contributed by atoms with Crippen LogP contribution in [-0.4, -0.2) is 22.1 Å². The Bertz CT molecular complexity index is 946. The fraction of sp³-hybridized carbons (Fsp3) is 0. The monoisotopic (exact) mass is 401 g/mol. The lowest BCUT2D eigenvalue weighted by atomic mass is 10.1. The third-order valence-corrected chi connectivity index (χ3v) is 3.97. The predicted molar refractivity (Wildman–Crippen MR) is 94.9 cm³/mol. The summed E-state index contributed by atoms with van der Waals surface area (Å²) in [5.74, 6) is -1.56. The van der Waals surface area contributed by atoms with Crippen LogP contribution in [0.15, 0.2) is 63.5 Å². The number of rotatable bonds is 4. The molecule has 3 rings (SSSR count). The number of amides is 1. The van der Waals surface area contributed by atoms with E-state index in [4.69, 9.17) is 9.52 Å². The van der Waals surface area contributed by atoms with Crippen LogP contribution in [-0.2, 0) is 0 Å². The van der Waals surface area contributed by atoms with E-state index in [0.717, 1.165) is 10.0 Å². The van der Waals surface area contributed by atoms with Gasteiger partial charge in [0.1, 0.15) is 17.1 Å². The number of hydrogen-bond donors (Lipinski definition) is 3. The van der Waals surface area contributed by atoms with Crippen molar-refractivity contribution in [1.29, 1.82) is 0 Å². The molecule has 3 aromatic rings. The smallest absolute Gasteiger partial charge is 0.339 e. The Kier molecular flexibility index (Phi) is 4.58. The maximum Gasteiger partial charge on any atom is 0.339 e. The fourth-order valence-electron chi connectivity index (χ4n) is 2.21. The zero-order valence-corrected chi connectivity index (χ0v) is 14.3. The topological polar surface area (TPSA) is 99.8 Å². The summed E-state index contributed by atoms with van der Waals surface area (Å²) >= 11 is 3.35. The summed E-state index contributed by atoms with van der Waals surface area (Å²) in [6, 6.07) is 14.4. The summed E-state index contributed by atoms with van der Waals surface area (Å²) in [6.45, 7) is 0. The number of phenols is 1. The van der Waals surface area contributed by atoms with E-state index in [9.17, 15) is 14.7 Å². The SMILES string of the molecule is O=C(Nc1ccc(O)c(C(=O)O)c1)c1ccc(-c2ccc(Br)cc2)o1. The number of aromatic hydroxyl groups is 1. The second kappa shape index (κ2) is 6.82. The summed E-state index contributed by atoms with van der Waals surface area (Å²) < 4.78 is 6.48. The summed E-state index contributed by atoms with van der Waals surface area (Å²) in [6.07, 6.45) is 0. The number of carbonyl (C=O) groups excluding carboxylic acids is 1. The molecule has 0 aliphatic heterocycles. The Balaban J connectivity index is 1.79. The van der Waals surface area contributed by atoms with Crippen LogP contribution in [0, 0.1) is 0 Å². The molecule has 0 bridgehead atoms. The molecule has 1 amide bonds. The van der Waals surface area contributed by atoms with E-state index >= 15 is 0 Å². The van der Waals surface area contributed by atoms with E-state index in [1.165, 1.54) is 24.3 Å². The zero-order chi connectivity index (χ0) is 18.0. The van der Waals surface area contributed by atoms with Crippen molar-refractivity contribution in [2.45, 2.75) is 0 Å². The molecule has 0 radical (unpaired) electrons. The zero-order valence-electron chi connectivity index (χ0n) is 12.7. The van der Waals surface area contributed by atoms with E-state index in [1.54, 1.807) is 6.07 Å². The molecule has 1 heterocycles. The van der Waals surface area contributed by atoms with E-state index in [-0.39, 0.29) is 22.8 Å². The van der Waals surface area contributed by atoms with Crippen LogP contribution in [0.5, 0.6) is 5.75 Å². The van der Waals surface area contributed by atoms with Crippen LogP contribution in [0.2, 0.25) is 0 Å². The molecule has 0 spiro atoms. The van der Waals surface area contributed by atoms with E-state index in [2.05, 4.69) is 21.2 Å². The van der Waals surface area contributed by atoms with E-state index in [0.29, 0.717) is 5.76 Å². The van der Waals surface area contributed by atoms with Gasteiger partial charge in [-0.2, -0.15) is 0 Å². The quantitative estimate of drug-likeness (QED) is 0.563. The molecule has 3 N–H and O–H groups in total. The first kappa shape index (κ1) is 16.8. The number of anilines is 1. The molecule has 6 nitrogen and oxygen atoms in total. The van der Waals surface area contributed by atoms with Crippen molar-refractivity contribution >= 4 is 33.5 Å². The molecular formula is C18H12BrNO5. The lowest BCUT2D eigenvalue weighted by Gasteiger charge is -2.06. The molecule has 7 heteroatoms. The van der Waals surface area contributed by atoms with Crippen molar-refractivity contribution in [3.8, 4) is 17.1 Å². The second-order valence-electron chi connectivity index (χ2n) is 5.16. The summed E-state index contributed by atoms with van der Waals surface area (Å²) in [4.78, 5) is 23.3. The maximum absolute atomic E-state index is 12.3. The van der Waals surface area contributed by atoms with E-state index < -0.39 is 11.9 Å². The van der Waals surface area contributed by atoms with Crippen molar-refractivity contribution < 1.29 is 24.2 Å². The lowest BCUT2D eigenvalue weighted by Crippen LogP contribution is -2.11. The summed E-state index contributed by atoms with van der Waals surface area (Å²) in [7, 11) is 0. The molecule has 0 aliphatic rings. The molecule has 0 unspecified atom stereocenters. The highest BCUT2D eigenvalue weighted by atomic mass is 79.9. The van der Waals surface area contributed by atoms with Gasteiger partial charge in [0.05, 0.1) is 0 Å². The highest BCUT2D eigenvalue weighted by molar-refractivity contribution is 9.10. The van der Waals surface area contributed by atoms with Gasteiger partial charge in [-0.05, 0) is 42.5 Å². The van der Waals surface area contributed by atoms with Gasteiger partial charge in [0.15, 0.2) is 5.76 Å². The number of carbonyl (C=O) groups is 2. The minimum Gasteiger partial charge on any atom is -0.507 e. The molecule has 126 valence electrons. The van der Waals surface area contributed by atoms with Crippen LogP contribution in [0.4, 0.5) is 5.69 Å². The van der Waals surface area contributed by atoms with Crippen LogP contribution < -0.4 is 5.32 Å². The van der Waals surface area contributed by atoms with Gasteiger partial charge in [-0.15, -0.1) is 0 Å². The molecule has 0 atom stereocenters. The number of furan rings is 1. The van der Waals surface area contributed by atoms with Crippen LogP contribution in [0.25, 0.3) is 11.3 Å². The first-order chi connectivity index (χ1) is 11.9. The van der Waals surface area contributed by atoms with Gasteiger partial charge < -0.3 is 19.9 Å². The highest BCUT2D eigenvalue weighted by Gasteiger charge is 2.15. The maximum atomic E-state index is 12.3. The van der Waals surface area contributed by atoms with Gasteiger partial charge in [0.2, 0.25) is 0 Å². The van der Waals surface area contributed by atoms with Gasteiger partial charge >= 0.3 is 5.97 Å². The van der Waals surface area contributed by atoms with Gasteiger partial charge in [-0.25, -0.2) is 4.79 Å². The Labute approximate surface area is 150 Å². The molecule has 0 saturated carbocycles. The van der Waals surface area contributed by atoms with Crippen molar-refractivity contribution in [3.63, 3.8) is 0 Å². The third-order valence-electron chi connectivity index (χ3n) is 3.44. The van der Waals surface area contributed by atoms with Crippen molar-refractivity contribution in [3.05, 3.63) is 70.4 Å². The molecule has 25 heavy (non-hydrogen) atoms. The van der Waals surface area contributed by atoms with Gasteiger partial charge in [-0.1, -0.05) is 28.1 Å². The minimum atomic E-state index is -1.29. The van der Waals surface area contributed by atoms with Gasteiger partial charge in [0, 0.05) is 15.7 Å². The Morgan fingerprint density at radius 2 is 1.72 bits per heavy atom. The highest BCUT2D eigenvalue weighted by Crippen LogP contribution is 2.25. The second-order valence-corrected chi connectivity index (χ2v) is 6.08. The Morgan fingerprint density at radius 1 is 1.00 bits per heavy atom. The first-order valence-corrected chi connectivity index (χ1v) is 7.97. The first-order valence-electron chi connectivity index (χ1n) is 7.17. The summed E-state index contributed by atoms with van der Waals surface area (Å²) in [5.41, 5.74) is 0.759. The average molecular weight is 402 g/mol. The van der Waals surface area contributed by atoms with Crippen molar-refractivity contribution in [1.82, 2.24) is 0 Å². The lowest BCUT2D eigenvalue weighted by molar-refractivity contribution is 0.0693. The van der Waals surface area contributed by atoms with Crippen molar-refractivity contribution in [2.75, 3.05) is 5.32 Å². The number of aromatic carboxylic acids is 1. The van der Waals surface area contributed by atoms with E-state index in [1.807, 2.05) is 24.3 Å². The largest absolute Gasteiger partial charge is 0.507 e. The average Bonchev–Trinajstić information content (AvgIpc) is 3.07. The van der Waals surface area contributed by atoms with Crippen LogP contribution >= 0.6 is 15.9 Å². The molecular weight excluding hydrogens is 390 g/mol. The number of nitrogens with one attached hydrogen (secondary N) is 1. The molecule has 0 saturated heterocycles. The van der Waals surface area contributed by atoms with Crippen LogP contribution in [0.1, 0.15) is 20.9 Å². The Hall–Kier alpha value is -3.06. The summed E-state index contributed by atoms with van der Waals surface area (Å²) in [5, 5.41) is 21.0. The number of hydrogen-bond acceptors (Lipinski definition) is 4. The molecule has 2 aromatic carbocycles. The van der Waals surface area contributed by atoms with Gasteiger partial charge in [0.25, 0.3) is 5.91 Å². The molecule has 0 fully saturated rings. The molecule has 1 aromatic heterocycles. The van der Waals surface area contributed by atoms with Gasteiger partial charge in [-0.3, -0.25) is 4.79 Å². The predicted octanol–water partition coefficient (Wildman–Crippen LogP) is 4.37. The van der Waals surface area contributed by atoms with Crippen molar-refractivity contribution in [2.24, 2.45) is 0 Å². The fourth-order valence-corrected chi connectivity index (χ4v) is 2.47. The number of carboxylic acid groups (broad SMARTS) is 1. The normalized spacial score (nSPS) is 10.4. The Morgan fingerprint density at radius 3 is 2.40 bits per heavy atom.